The van der Waals surface area contributed by atoms with Crippen LogP contribution in [0.15, 0.2) is 0 Å². The Bertz CT molecular complexity index is 221. The summed E-state index contributed by atoms with van der Waals surface area (Å²) >= 11 is 0. The number of carbonyl (C=O) groups is 2. The van der Waals surface area contributed by atoms with Crippen molar-refractivity contribution in [2.45, 2.75) is 26.3 Å². The Kier molecular flexibility index (Phi) is 8.46. The molecule has 0 rings (SSSR count). The van der Waals surface area contributed by atoms with Crippen molar-refractivity contribution in [2.75, 3.05) is 26.4 Å². The van der Waals surface area contributed by atoms with E-state index in [-0.39, 0.29) is 18.4 Å². The first-order valence-corrected chi connectivity index (χ1v) is 5.31. The first kappa shape index (κ1) is 14.9. The topological polar surface area (TPSA) is 87.7 Å². The monoisotopic (exact) mass is 232 g/mol. The molecule has 94 valence electrons. The summed E-state index contributed by atoms with van der Waals surface area (Å²) in [5.74, 6) is -0.439. The quantitative estimate of drug-likeness (QED) is 0.470. The SMILES string of the molecule is CC(=O)NC(C)C(=O)NCCCOCCO. The summed E-state index contributed by atoms with van der Waals surface area (Å²) in [6.07, 6.45) is 0.679. The molecule has 0 aliphatic rings. The largest absolute Gasteiger partial charge is 0.394 e. The van der Waals surface area contributed by atoms with E-state index in [1.54, 1.807) is 6.92 Å². The minimum Gasteiger partial charge on any atom is -0.394 e. The highest BCUT2D eigenvalue weighted by atomic mass is 16.5. The van der Waals surface area contributed by atoms with Gasteiger partial charge in [0.25, 0.3) is 0 Å². The Labute approximate surface area is 95.4 Å². The van der Waals surface area contributed by atoms with E-state index >= 15 is 0 Å². The maximum absolute atomic E-state index is 11.4. The molecule has 0 spiro atoms. The van der Waals surface area contributed by atoms with E-state index in [0.717, 1.165) is 0 Å². The third kappa shape index (κ3) is 8.19. The lowest BCUT2D eigenvalue weighted by Crippen LogP contribution is -2.44. The van der Waals surface area contributed by atoms with Crippen LogP contribution in [0, 0.1) is 0 Å². The van der Waals surface area contributed by atoms with Crippen LogP contribution in [-0.4, -0.2) is 49.3 Å². The Morgan fingerprint density at radius 3 is 2.62 bits per heavy atom. The number of aliphatic hydroxyl groups excluding tert-OH is 1. The predicted octanol–water partition coefficient (Wildman–Crippen LogP) is -0.974. The highest BCUT2D eigenvalue weighted by Gasteiger charge is 2.12. The van der Waals surface area contributed by atoms with Crippen molar-refractivity contribution in [2.24, 2.45) is 0 Å². The standard InChI is InChI=1S/C10H20N2O4/c1-8(12-9(2)14)10(15)11-4-3-6-16-7-5-13/h8,13H,3-7H2,1-2H3,(H,11,15)(H,12,14). The van der Waals surface area contributed by atoms with E-state index in [4.69, 9.17) is 9.84 Å². The molecule has 0 aliphatic heterocycles. The molecular weight excluding hydrogens is 212 g/mol. The van der Waals surface area contributed by atoms with E-state index < -0.39 is 6.04 Å². The molecule has 6 nitrogen and oxygen atoms in total. The molecule has 0 radical (unpaired) electrons. The van der Waals surface area contributed by atoms with Gasteiger partial charge in [-0.15, -0.1) is 0 Å². The number of nitrogens with one attached hydrogen (secondary N) is 2. The minimum absolute atomic E-state index is 0.00588. The summed E-state index contributed by atoms with van der Waals surface area (Å²) in [5, 5.41) is 13.6. The second-order valence-electron chi connectivity index (χ2n) is 3.40. The van der Waals surface area contributed by atoms with Gasteiger partial charge in [-0.3, -0.25) is 9.59 Å². The smallest absolute Gasteiger partial charge is 0.242 e. The highest BCUT2D eigenvalue weighted by Crippen LogP contribution is 1.84. The fourth-order valence-electron chi connectivity index (χ4n) is 1.08. The van der Waals surface area contributed by atoms with E-state index in [0.29, 0.717) is 26.2 Å². The molecule has 1 unspecified atom stereocenters. The molecule has 0 bridgehead atoms. The average Bonchev–Trinajstić information content (AvgIpc) is 2.21. The summed E-state index contributed by atoms with van der Waals surface area (Å²) in [6, 6.07) is -0.518. The molecule has 2 amide bonds. The molecule has 6 heteroatoms. The summed E-state index contributed by atoms with van der Waals surface area (Å²) in [5.41, 5.74) is 0. The molecule has 0 heterocycles. The summed E-state index contributed by atoms with van der Waals surface area (Å²) in [4.78, 5) is 22.0. The second-order valence-corrected chi connectivity index (χ2v) is 3.40. The van der Waals surface area contributed by atoms with Crippen molar-refractivity contribution in [3.63, 3.8) is 0 Å². The van der Waals surface area contributed by atoms with Crippen LogP contribution < -0.4 is 10.6 Å². The van der Waals surface area contributed by atoms with Gasteiger partial charge in [0.1, 0.15) is 6.04 Å². The van der Waals surface area contributed by atoms with Crippen LogP contribution in [0.25, 0.3) is 0 Å². The lowest BCUT2D eigenvalue weighted by molar-refractivity contribution is -0.127. The van der Waals surface area contributed by atoms with Crippen molar-refractivity contribution in [3.8, 4) is 0 Å². The van der Waals surface area contributed by atoms with Gasteiger partial charge in [0.05, 0.1) is 13.2 Å². The zero-order chi connectivity index (χ0) is 12.4. The van der Waals surface area contributed by atoms with Gasteiger partial charge in [-0.05, 0) is 13.3 Å². The van der Waals surface area contributed by atoms with Crippen LogP contribution >= 0.6 is 0 Å². The van der Waals surface area contributed by atoms with E-state index in [1.165, 1.54) is 6.92 Å². The van der Waals surface area contributed by atoms with E-state index in [2.05, 4.69) is 10.6 Å². The van der Waals surface area contributed by atoms with Gasteiger partial charge in [-0.1, -0.05) is 0 Å². The number of carbonyl (C=O) groups excluding carboxylic acids is 2. The maximum atomic E-state index is 11.4. The van der Waals surface area contributed by atoms with Crippen molar-refractivity contribution >= 4 is 11.8 Å². The first-order chi connectivity index (χ1) is 7.57. The molecule has 0 saturated heterocycles. The van der Waals surface area contributed by atoms with Crippen molar-refractivity contribution in [1.82, 2.24) is 10.6 Å². The van der Waals surface area contributed by atoms with Gasteiger partial charge >= 0.3 is 0 Å². The van der Waals surface area contributed by atoms with Crippen molar-refractivity contribution < 1.29 is 19.4 Å². The Morgan fingerprint density at radius 1 is 1.38 bits per heavy atom. The van der Waals surface area contributed by atoms with Crippen LogP contribution in [-0.2, 0) is 14.3 Å². The van der Waals surface area contributed by atoms with Crippen LogP contribution in [0.2, 0.25) is 0 Å². The van der Waals surface area contributed by atoms with Gasteiger partial charge in [-0.25, -0.2) is 0 Å². The third-order valence-corrected chi connectivity index (χ3v) is 1.81. The molecule has 0 fully saturated rings. The zero-order valence-corrected chi connectivity index (χ0v) is 9.78. The second kappa shape index (κ2) is 9.11. The average molecular weight is 232 g/mol. The van der Waals surface area contributed by atoms with Crippen molar-refractivity contribution in [1.29, 1.82) is 0 Å². The number of aliphatic hydroxyl groups is 1. The normalized spacial score (nSPS) is 11.9. The minimum atomic E-state index is -0.518. The molecule has 0 saturated carbocycles. The first-order valence-electron chi connectivity index (χ1n) is 5.31. The maximum Gasteiger partial charge on any atom is 0.242 e. The van der Waals surface area contributed by atoms with E-state index in [9.17, 15) is 9.59 Å². The van der Waals surface area contributed by atoms with Crippen LogP contribution in [0.4, 0.5) is 0 Å². The fourth-order valence-corrected chi connectivity index (χ4v) is 1.08. The molecule has 1 atom stereocenters. The molecule has 0 aromatic heterocycles. The number of amides is 2. The number of ether oxygens (including phenoxy) is 1. The predicted molar refractivity (Wildman–Crippen MR) is 58.8 cm³/mol. The van der Waals surface area contributed by atoms with E-state index in [1.807, 2.05) is 0 Å². The molecule has 0 aromatic carbocycles. The Hall–Kier alpha value is -1.14. The summed E-state index contributed by atoms with van der Waals surface area (Å²) in [6.45, 7) is 4.30. The lowest BCUT2D eigenvalue weighted by Gasteiger charge is -2.12. The van der Waals surface area contributed by atoms with Gasteiger partial charge in [-0.2, -0.15) is 0 Å². The zero-order valence-electron chi connectivity index (χ0n) is 9.78. The van der Waals surface area contributed by atoms with Gasteiger partial charge in [0.15, 0.2) is 0 Å². The van der Waals surface area contributed by atoms with Gasteiger partial charge in [0.2, 0.25) is 11.8 Å². The lowest BCUT2D eigenvalue weighted by atomic mass is 10.3. The number of hydrogen-bond donors (Lipinski definition) is 3. The number of rotatable bonds is 8. The summed E-state index contributed by atoms with van der Waals surface area (Å²) in [7, 11) is 0. The molecule has 0 aromatic rings. The molecule has 3 N–H and O–H groups in total. The van der Waals surface area contributed by atoms with Crippen LogP contribution in [0.3, 0.4) is 0 Å². The van der Waals surface area contributed by atoms with Crippen molar-refractivity contribution in [3.05, 3.63) is 0 Å². The van der Waals surface area contributed by atoms with Crippen LogP contribution in [0.1, 0.15) is 20.3 Å². The van der Waals surface area contributed by atoms with Gasteiger partial charge < -0.3 is 20.5 Å². The Morgan fingerprint density at radius 2 is 2.06 bits per heavy atom. The van der Waals surface area contributed by atoms with Gasteiger partial charge in [0, 0.05) is 20.1 Å². The summed E-state index contributed by atoms with van der Waals surface area (Å²) < 4.78 is 5.02. The fraction of sp³-hybridized carbons (Fsp3) is 0.800. The Balaban J connectivity index is 3.46. The van der Waals surface area contributed by atoms with Crippen LogP contribution in [0.5, 0.6) is 0 Å². The highest BCUT2D eigenvalue weighted by molar-refractivity contribution is 5.86. The third-order valence-electron chi connectivity index (χ3n) is 1.81. The molecule has 16 heavy (non-hydrogen) atoms. The molecular formula is C10H20N2O4. The number of hydrogen-bond acceptors (Lipinski definition) is 4. The molecule has 0 aliphatic carbocycles.